The Hall–Kier alpha value is -1.11. The molecule has 1 rings (SSSR count). The standard InChI is InChI=1S/C10H17NO5S/c1-6(2)9(10(13)14)17(15,16)5-8(12)11-7-3-4-7/h6-7,9H,3-5H2,1-2H3,(H,11,12)(H,13,14). The van der Waals surface area contributed by atoms with Gasteiger partial charge in [-0.2, -0.15) is 0 Å². The Labute approximate surface area is 100 Å². The predicted molar refractivity (Wildman–Crippen MR) is 61.2 cm³/mol. The molecular formula is C10H17NO5S. The van der Waals surface area contributed by atoms with E-state index in [1.54, 1.807) is 0 Å². The fourth-order valence-electron chi connectivity index (χ4n) is 1.62. The number of sulfone groups is 1. The second kappa shape index (κ2) is 5.03. The minimum atomic E-state index is -3.95. The van der Waals surface area contributed by atoms with Crippen LogP contribution in [0.25, 0.3) is 0 Å². The van der Waals surface area contributed by atoms with Gasteiger partial charge >= 0.3 is 5.97 Å². The molecule has 1 atom stereocenters. The third-order valence-electron chi connectivity index (χ3n) is 2.51. The van der Waals surface area contributed by atoms with Crippen LogP contribution in [0.3, 0.4) is 0 Å². The largest absolute Gasteiger partial charge is 0.480 e. The van der Waals surface area contributed by atoms with Crippen LogP contribution in [0.2, 0.25) is 0 Å². The maximum absolute atomic E-state index is 11.8. The minimum absolute atomic E-state index is 0.0695. The lowest BCUT2D eigenvalue weighted by Gasteiger charge is -2.16. The van der Waals surface area contributed by atoms with E-state index in [4.69, 9.17) is 5.11 Å². The topological polar surface area (TPSA) is 101 Å². The molecule has 17 heavy (non-hydrogen) atoms. The lowest BCUT2D eigenvalue weighted by Crippen LogP contribution is -2.41. The average Bonchev–Trinajstić information content (AvgIpc) is 2.82. The maximum atomic E-state index is 11.8. The van der Waals surface area contributed by atoms with E-state index >= 15 is 0 Å². The van der Waals surface area contributed by atoms with Crippen LogP contribution in [0, 0.1) is 5.92 Å². The number of aliphatic carboxylic acids is 1. The summed E-state index contributed by atoms with van der Waals surface area (Å²) in [6.45, 7) is 3.02. The fourth-order valence-corrected chi connectivity index (χ4v) is 3.39. The van der Waals surface area contributed by atoms with Crippen molar-refractivity contribution >= 4 is 21.7 Å². The summed E-state index contributed by atoms with van der Waals surface area (Å²) < 4.78 is 23.6. The van der Waals surface area contributed by atoms with E-state index in [0.717, 1.165) is 12.8 Å². The third-order valence-corrected chi connectivity index (χ3v) is 4.69. The van der Waals surface area contributed by atoms with Gasteiger partial charge in [0.15, 0.2) is 15.1 Å². The van der Waals surface area contributed by atoms with Gasteiger partial charge in [0.1, 0.15) is 5.75 Å². The quantitative estimate of drug-likeness (QED) is 0.690. The Balaban J connectivity index is 2.70. The van der Waals surface area contributed by atoms with Crippen molar-refractivity contribution < 1.29 is 23.1 Å². The monoisotopic (exact) mass is 263 g/mol. The van der Waals surface area contributed by atoms with Crippen molar-refractivity contribution in [3.05, 3.63) is 0 Å². The highest BCUT2D eigenvalue weighted by Gasteiger charge is 2.37. The van der Waals surface area contributed by atoms with Gasteiger partial charge in [-0.05, 0) is 18.8 Å². The van der Waals surface area contributed by atoms with E-state index in [0.29, 0.717) is 0 Å². The summed E-state index contributed by atoms with van der Waals surface area (Å²) >= 11 is 0. The van der Waals surface area contributed by atoms with E-state index < -0.39 is 38.6 Å². The van der Waals surface area contributed by atoms with Gasteiger partial charge in [-0.1, -0.05) is 13.8 Å². The number of hydrogen-bond donors (Lipinski definition) is 2. The number of hydrogen-bond acceptors (Lipinski definition) is 4. The third kappa shape index (κ3) is 3.99. The summed E-state index contributed by atoms with van der Waals surface area (Å²) in [6.07, 6.45) is 1.72. The molecule has 0 heterocycles. The molecule has 1 amide bonds. The van der Waals surface area contributed by atoms with Crippen molar-refractivity contribution in [1.29, 1.82) is 0 Å². The highest BCUT2D eigenvalue weighted by molar-refractivity contribution is 7.93. The predicted octanol–water partition coefficient (Wildman–Crippen LogP) is -0.211. The van der Waals surface area contributed by atoms with Gasteiger partial charge in [0.25, 0.3) is 0 Å². The summed E-state index contributed by atoms with van der Waals surface area (Å²) in [5.74, 6) is -3.33. The van der Waals surface area contributed by atoms with E-state index in [9.17, 15) is 18.0 Å². The smallest absolute Gasteiger partial charge is 0.322 e. The second-order valence-electron chi connectivity index (χ2n) is 4.65. The molecule has 0 saturated heterocycles. The van der Waals surface area contributed by atoms with Crippen molar-refractivity contribution in [2.24, 2.45) is 5.92 Å². The number of rotatable bonds is 6. The fraction of sp³-hybridized carbons (Fsp3) is 0.800. The van der Waals surface area contributed by atoms with Gasteiger partial charge in [-0.15, -0.1) is 0 Å². The van der Waals surface area contributed by atoms with Crippen LogP contribution in [-0.2, 0) is 19.4 Å². The number of carboxylic acids is 1. The number of amides is 1. The zero-order valence-corrected chi connectivity index (χ0v) is 10.7. The van der Waals surface area contributed by atoms with Crippen LogP contribution in [0.1, 0.15) is 26.7 Å². The normalized spacial score (nSPS) is 17.8. The molecule has 0 bridgehead atoms. The first-order valence-electron chi connectivity index (χ1n) is 5.47. The molecule has 0 radical (unpaired) electrons. The maximum Gasteiger partial charge on any atom is 0.322 e. The Kier molecular flexibility index (Phi) is 4.13. The molecule has 98 valence electrons. The summed E-state index contributed by atoms with van der Waals surface area (Å²) in [4.78, 5) is 22.3. The Bertz CT molecular complexity index is 410. The van der Waals surface area contributed by atoms with Crippen LogP contribution in [0.5, 0.6) is 0 Å². The molecule has 1 saturated carbocycles. The summed E-state index contributed by atoms with van der Waals surface area (Å²) in [5.41, 5.74) is 0. The van der Waals surface area contributed by atoms with Crippen molar-refractivity contribution in [2.45, 2.75) is 38.0 Å². The van der Waals surface area contributed by atoms with Crippen molar-refractivity contribution in [1.82, 2.24) is 5.32 Å². The second-order valence-corrected chi connectivity index (χ2v) is 6.77. The lowest BCUT2D eigenvalue weighted by molar-refractivity contribution is -0.137. The molecule has 0 aromatic rings. The van der Waals surface area contributed by atoms with E-state index in [1.807, 2.05) is 0 Å². The molecular weight excluding hydrogens is 246 g/mol. The van der Waals surface area contributed by atoms with Gasteiger partial charge in [-0.3, -0.25) is 9.59 Å². The molecule has 0 aromatic carbocycles. The molecule has 7 heteroatoms. The molecule has 6 nitrogen and oxygen atoms in total. The van der Waals surface area contributed by atoms with Crippen LogP contribution in [0.15, 0.2) is 0 Å². The summed E-state index contributed by atoms with van der Waals surface area (Å²) in [6, 6.07) is 0.0695. The van der Waals surface area contributed by atoms with Gasteiger partial charge in [0, 0.05) is 6.04 Å². The number of carbonyl (C=O) groups excluding carboxylic acids is 1. The molecule has 2 N–H and O–H groups in total. The minimum Gasteiger partial charge on any atom is -0.480 e. The first-order valence-corrected chi connectivity index (χ1v) is 7.19. The van der Waals surface area contributed by atoms with Crippen LogP contribution in [0.4, 0.5) is 0 Å². The number of carboxylic acid groups (broad SMARTS) is 1. The van der Waals surface area contributed by atoms with Gasteiger partial charge in [-0.25, -0.2) is 8.42 Å². The highest BCUT2D eigenvalue weighted by Crippen LogP contribution is 2.19. The van der Waals surface area contributed by atoms with Gasteiger partial charge in [0.05, 0.1) is 0 Å². The zero-order chi connectivity index (χ0) is 13.2. The Morgan fingerprint density at radius 3 is 2.24 bits per heavy atom. The molecule has 1 unspecified atom stereocenters. The summed E-state index contributed by atoms with van der Waals surface area (Å²) in [7, 11) is -3.95. The number of carbonyl (C=O) groups is 2. The Morgan fingerprint density at radius 2 is 1.88 bits per heavy atom. The van der Waals surface area contributed by atoms with Crippen LogP contribution >= 0.6 is 0 Å². The lowest BCUT2D eigenvalue weighted by atomic mass is 10.1. The molecule has 0 spiro atoms. The molecule has 0 aromatic heterocycles. The first kappa shape index (κ1) is 14.0. The van der Waals surface area contributed by atoms with Gasteiger partial charge < -0.3 is 10.4 Å². The molecule has 1 aliphatic rings. The van der Waals surface area contributed by atoms with E-state index in [1.165, 1.54) is 13.8 Å². The molecule has 0 aliphatic heterocycles. The van der Waals surface area contributed by atoms with Gasteiger partial charge in [0.2, 0.25) is 5.91 Å². The zero-order valence-electron chi connectivity index (χ0n) is 9.84. The summed E-state index contributed by atoms with van der Waals surface area (Å²) in [5, 5.41) is 9.89. The average molecular weight is 263 g/mol. The van der Waals surface area contributed by atoms with Crippen LogP contribution < -0.4 is 5.32 Å². The first-order chi connectivity index (χ1) is 7.74. The van der Waals surface area contributed by atoms with Crippen molar-refractivity contribution in [3.8, 4) is 0 Å². The van der Waals surface area contributed by atoms with E-state index in [2.05, 4.69) is 5.32 Å². The molecule has 1 aliphatic carbocycles. The van der Waals surface area contributed by atoms with Crippen molar-refractivity contribution in [2.75, 3.05) is 5.75 Å². The Morgan fingerprint density at radius 1 is 1.35 bits per heavy atom. The number of nitrogens with one attached hydrogen (secondary N) is 1. The highest BCUT2D eigenvalue weighted by atomic mass is 32.2. The van der Waals surface area contributed by atoms with E-state index in [-0.39, 0.29) is 6.04 Å². The SMILES string of the molecule is CC(C)C(C(=O)O)S(=O)(=O)CC(=O)NC1CC1. The van der Waals surface area contributed by atoms with Crippen LogP contribution in [-0.4, -0.2) is 42.4 Å². The molecule has 1 fully saturated rings. The van der Waals surface area contributed by atoms with Crippen molar-refractivity contribution in [3.63, 3.8) is 0 Å².